The summed E-state index contributed by atoms with van der Waals surface area (Å²) in [6.45, 7) is 1.92. The van der Waals surface area contributed by atoms with Gasteiger partial charge in [0.2, 0.25) is 21.7 Å². The van der Waals surface area contributed by atoms with Crippen LogP contribution in [0.15, 0.2) is 57.5 Å². The summed E-state index contributed by atoms with van der Waals surface area (Å²) in [6, 6.07) is 14.9. The summed E-state index contributed by atoms with van der Waals surface area (Å²) in [7, 11) is -1.99. The smallest absolute Gasteiger partial charge is 0.242 e. The molecule has 0 saturated heterocycles. The minimum atomic E-state index is -3.50. The lowest BCUT2D eigenvalue weighted by Crippen LogP contribution is -2.28. The third-order valence-corrected chi connectivity index (χ3v) is 6.23. The molecule has 6 nitrogen and oxygen atoms in total. The molecule has 3 aromatic rings. The standard InChI is InChI=1S/C18H18BrN3O3S/c1-13-6-3-4-7-15(13)12-26(23,24)22(2)11-17-20-18(21-25-17)14-8-5-9-16(19)10-14/h3-10H,11-12H2,1-2H3. The lowest BCUT2D eigenvalue weighted by atomic mass is 10.1. The van der Waals surface area contributed by atoms with Crippen molar-refractivity contribution >= 4 is 26.0 Å². The van der Waals surface area contributed by atoms with Crippen LogP contribution in [0.5, 0.6) is 0 Å². The van der Waals surface area contributed by atoms with E-state index in [1.807, 2.05) is 55.5 Å². The zero-order valence-electron chi connectivity index (χ0n) is 14.4. The first-order valence-electron chi connectivity index (χ1n) is 7.92. The third-order valence-electron chi connectivity index (χ3n) is 3.98. The normalized spacial score (nSPS) is 11.8. The Bertz CT molecular complexity index is 1020. The van der Waals surface area contributed by atoms with Crippen LogP contribution in [0.1, 0.15) is 17.0 Å². The first-order chi connectivity index (χ1) is 12.3. The van der Waals surface area contributed by atoms with Crippen molar-refractivity contribution in [1.29, 1.82) is 0 Å². The van der Waals surface area contributed by atoms with Crippen molar-refractivity contribution in [2.45, 2.75) is 19.2 Å². The van der Waals surface area contributed by atoms with Gasteiger partial charge in [0.05, 0.1) is 12.3 Å². The lowest BCUT2D eigenvalue weighted by Gasteiger charge is -2.15. The number of aromatic nitrogens is 2. The summed E-state index contributed by atoms with van der Waals surface area (Å²) in [5.41, 5.74) is 2.51. The Morgan fingerprint density at radius 1 is 1.15 bits per heavy atom. The van der Waals surface area contributed by atoms with Gasteiger partial charge in [-0.3, -0.25) is 0 Å². The molecule has 0 spiro atoms. The predicted octanol–water partition coefficient (Wildman–Crippen LogP) is 3.77. The Hall–Kier alpha value is -2.03. The van der Waals surface area contributed by atoms with E-state index >= 15 is 0 Å². The van der Waals surface area contributed by atoms with Crippen LogP contribution in [0.3, 0.4) is 0 Å². The molecule has 0 amide bonds. The van der Waals surface area contributed by atoms with Crippen molar-refractivity contribution in [1.82, 2.24) is 14.4 Å². The summed E-state index contributed by atoms with van der Waals surface area (Å²) < 4.78 is 32.6. The summed E-state index contributed by atoms with van der Waals surface area (Å²) in [5.74, 6) is 0.602. The van der Waals surface area contributed by atoms with Gasteiger partial charge in [-0.2, -0.15) is 9.29 Å². The third kappa shape index (κ3) is 4.38. The second-order valence-electron chi connectivity index (χ2n) is 5.96. The Kier molecular flexibility index (Phi) is 5.55. The molecular weight excluding hydrogens is 418 g/mol. The van der Waals surface area contributed by atoms with E-state index in [9.17, 15) is 8.42 Å². The zero-order valence-corrected chi connectivity index (χ0v) is 16.8. The number of benzene rings is 2. The maximum Gasteiger partial charge on any atom is 0.242 e. The number of halogens is 1. The molecule has 0 aliphatic heterocycles. The molecule has 0 bridgehead atoms. The summed E-state index contributed by atoms with van der Waals surface area (Å²) in [4.78, 5) is 4.29. The topological polar surface area (TPSA) is 76.3 Å². The first kappa shape index (κ1) is 18.8. The summed E-state index contributed by atoms with van der Waals surface area (Å²) in [5, 5.41) is 3.93. The summed E-state index contributed by atoms with van der Waals surface area (Å²) >= 11 is 3.40. The van der Waals surface area contributed by atoms with Gasteiger partial charge in [-0.05, 0) is 30.2 Å². The number of sulfonamides is 1. The first-order valence-corrected chi connectivity index (χ1v) is 10.3. The molecule has 3 rings (SSSR count). The van der Waals surface area contributed by atoms with Gasteiger partial charge >= 0.3 is 0 Å². The fraction of sp³-hybridized carbons (Fsp3) is 0.222. The van der Waals surface area contributed by atoms with Crippen molar-refractivity contribution in [2.24, 2.45) is 0 Å². The van der Waals surface area contributed by atoms with Crippen LogP contribution < -0.4 is 0 Å². The Labute approximate surface area is 161 Å². The van der Waals surface area contributed by atoms with Gasteiger partial charge in [0.15, 0.2) is 0 Å². The molecule has 0 radical (unpaired) electrons. The average molecular weight is 436 g/mol. The highest BCUT2D eigenvalue weighted by molar-refractivity contribution is 9.10. The van der Waals surface area contributed by atoms with Crippen LogP contribution in [-0.4, -0.2) is 29.9 Å². The van der Waals surface area contributed by atoms with E-state index in [0.717, 1.165) is 21.2 Å². The molecule has 1 heterocycles. The van der Waals surface area contributed by atoms with E-state index in [2.05, 4.69) is 26.1 Å². The quantitative estimate of drug-likeness (QED) is 0.588. The van der Waals surface area contributed by atoms with Gasteiger partial charge in [0.25, 0.3) is 0 Å². The van der Waals surface area contributed by atoms with E-state index in [0.29, 0.717) is 5.82 Å². The van der Waals surface area contributed by atoms with Gasteiger partial charge in [-0.25, -0.2) is 8.42 Å². The SMILES string of the molecule is Cc1ccccc1CS(=O)(=O)N(C)Cc1nc(-c2cccc(Br)c2)no1. The molecule has 0 fully saturated rings. The van der Waals surface area contributed by atoms with Crippen LogP contribution in [0.2, 0.25) is 0 Å². The van der Waals surface area contributed by atoms with E-state index in [1.165, 1.54) is 11.4 Å². The molecule has 2 aromatic carbocycles. The van der Waals surface area contributed by atoms with Gasteiger partial charge < -0.3 is 4.52 Å². The van der Waals surface area contributed by atoms with Crippen molar-refractivity contribution in [3.8, 4) is 11.4 Å². The highest BCUT2D eigenvalue weighted by Gasteiger charge is 2.22. The zero-order chi connectivity index (χ0) is 18.7. The highest BCUT2D eigenvalue weighted by Crippen LogP contribution is 2.21. The largest absolute Gasteiger partial charge is 0.338 e. The maximum absolute atomic E-state index is 12.6. The number of hydrogen-bond donors (Lipinski definition) is 0. The molecule has 1 aromatic heterocycles. The monoisotopic (exact) mass is 435 g/mol. The molecule has 0 N–H and O–H groups in total. The van der Waals surface area contributed by atoms with Crippen LogP contribution in [0.25, 0.3) is 11.4 Å². The Morgan fingerprint density at radius 2 is 1.92 bits per heavy atom. The van der Waals surface area contributed by atoms with Crippen molar-refractivity contribution in [3.05, 3.63) is 70.0 Å². The average Bonchev–Trinajstić information content (AvgIpc) is 3.05. The molecule has 0 unspecified atom stereocenters. The molecule has 26 heavy (non-hydrogen) atoms. The van der Waals surface area contributed by atoms with Gasteiger partial charge in [-0.1, -0.05) is 57.5 Å². The van der Waals surface area contributed by atoms with Crippen LogP contribution in [0.4, 0.5) is 0 Å². The molecule has 0 aliphatic rings. The minimum Gasteiger partial charge on any atom is -0.338 e. The molecule has 0 saturated carbocycles. The van der Waals surface area contributed by atoms with E-state index in [4.69, 9.17) is 4.52 Å². The molecular formula is C18H18BrN3O3S. The van der Waals surface area contributed by atoms with Crippen LogP contribution in [0, 0.1) is 6.92 Å². The number of hydrogen-bond acceptors (Lipinski definition) is 5. The van der Waals surface area contributed by atoms with Crippen LogP contribution in [-0.2, 0) is 22.3 Å². The van der Waals surface area contributed by atoms with Gasteiger partial charge in [0.1, 0.15) is 0 Å². The van der Waals surface area contributed by atoms with Crippen molar-refractivity contribution < 1.29 is 12.9 Å². The molecule has 136 valence electrons. The molecule has 8 heteroatoms. The number of nitrogens with zero attached hydrogens (tertiary/aromatic N) is 3. The number of rotatable bonds is 6. The lowest BCUT2D eigenvalue weighted by molar-refractivity contribution is 0.336. The Balaban J connectivity index is 1.73. The fourth-order valence-electron chi connectivity index (χ4n) is 2.43. The highest BCUT2D eigenvalue weighted by atomic mass is 79.9. The number of aryl methyl sites for hydroxylation is 1. The fourth-order valence-corrected chi connectivity index (χ4v) is 4.08. The maximum atomic E-state index is 12.6. The second kappa shape index (κ2) is 7.69. The van der Waals surface area contributed by atoms with Crippen molar-refractivity contribution in [3.63, 3.8) is 0 Å². The summed E-state index contributed by atoms with van der Waals surface area (Å²) in [6.07, 6.45) is 0. The minimum absolute atomic E-state index is 0.0230. The predicted molar refractivity (Wildman–Crippen MR) is 103 cm³/mol. The second-order valence-corrected chi connectivity index (χ2v) is 8.95. The Morgan fingerprint density at radius 3 is 2.65 bits per heavy atom. The van der Waals surface area contributed by atoms with E-state index in [-0.39, 0.29) is 18.2 Å². The molecule has 0 aliphatic carbocycles. The van der Waals surface area contributed by atoms with E-state index in [1.54, 1.807) is 0 Å². The molecule has 0 atom stereocenters. The van der Waals surface area contributed by atoms with E-state index < -0.39 is 10.0 Å². The van der Waals surface area contributed by atoms with Crippen LogP contribution >= 0.6 is 15.9 Å². The van der Waals surface area contributed by atoms with Gasteiger partial charge in [-0.15, -0.1) is 0 Å². The van der Waals surface area contributed by atoms with Gasteiger partial charge in [0, 0.05) is 17.1 Å². The van der Waals surface area contributed by atoms with Crippen molar-refractivity contribution in [2.75, 3.05) is 7.05 Å².